The Balaban J connectivity index is 1.24. The number of hydrogen-bond acceptors (Lipinski definition) is 3. The molecule has 2 amide bonds. The van der Waals surface area contributed by atoms with E-state index in [4.69, 9.17) is 0 Å². The summed E-state index contributed by atoms with van der Waals surface area (Å²) in [5.41, 5.74) is 0.733. The molecular formula is C25H28F3N3O2. The lowest BCUT2D eigenvalue weighted by Crippen LogP contribution is -2.51. The Labute approximate surface area is 191 Å². The van der Waals surface area contributed by atoms with Crippen LogP contribution in [0.1, 0.15) is 34.3 Å². The molecular weight excluding hydrogens is 431 g/mol. The van der Waals surface area contributed by atoms with Gasteiger partial charge in [0.05, 0.1) is 5.56 Å². The molecule has 0 spiro atoms. The number of piperidine rings is 1. The van der Waals surface area contributed by atoms with E-state index in [0.29, 0.717) is 39.0 Å². The molecule has 8 heteroatoms. The van der Waals surface area contributed by atoms with Crippen molar-refractivity contribution in [1.82, 2.24) is 14.7 Å². The van der Waals surface area contributed by atoms with Gasteiger partial charge in [-0.25, -0.2) is 0 Å². The van der Waals surface area contributed by atoms with Crippen LogP contribution >= 0.6 is 0 Å². The second-order valence-electron chi connectivity index (χ2n) is 8.73. The summed E-state index contributed by atoms with van der Waals surface area (Å²) in [6.45, 7) is 4.84. The molecule has 0 aromatic heterocycles. The first-order valence-electron chi connectivity index (χ1n) is 11.3. The molecule has 33 heavy (non-hydrogen) atoms. The van der Waals surface area contributed by atoms with E-state index in [1.54, 1.807) is 4.90 Å². The summed E-state index contributed by atoms with van der Waals surface area (Å²) in [5, 5.41) is 0. The zero-order valence-corrected chi connectivity index (χ0v) is 18.4. The van der Waals surface area contributed by atoms with E-state index in [1.165, 1.54) is 17.7 Å². The fraction of sp³-hybridized carbons (Fsp3) is 0.440. The van der Waals surface area contributed by atoms with Gasteiger partial charge in [-0.3, -0.25) is 14.5 Å². The zero-order chi connectivity index (χ0) is 23.4. The van der Waals surface area contributed by atoms with Crippen LogP contribution in [0.2, 0.25) is 0 Å². The first kappa shape index (κ1) is 23.3. The van der Waals surface area contributed by atoms with E-state index in [2.05, 4.69) is 17.0 Å². The number of halogens is 3. The van der Waals surface area contributed by atoms with Gasteiger partial charge in [-0.15, -0.1) is 0 Å². The Morgan fingerprint density at radius 3 is 1.97 bits per heavy atom. The smallest absolute Gasteiger partial charge is 0.340 e. The van der Waals surface area contributed by atoms with Crippen LogP contribution < -0.4 is 0 Å². The van der Waals surface area contributed by atoms with Crippen molar-refractivity contribution in [2.75, 3.05) is 39.3 Å². The summed E-state index contributed by atoms with van der Waals surface area (Å²) < 4.78 is 38.2. The number of amides is 2. The molecule has 0 unspecified atom stereocenters. The molecule has 0 radical (unpaired) electrons. The standard InChI is InChI=1S/C25H28F3N3O2/c26-25(27,28)22-8-6-20(7-9-22)23(32)30-12-10-21(11-13-30)24(33)31-16-14-29(15-17-31)18-19-4-2-1-3-5-19/h1-9,21H,10-18H2. The molecule has 0 saturated carbocycles. The summed E-state index contributed by atoms with van der Waals surface area (Å²) >= 11 is 0. The van der Waals surface area contributed by atoms with Gasteiger partial charge in [-0.2, -0.15) is 13.2 Å². The maximum absolute atomic E-state index is 13.0. The summed E-state index contributed by atoms with van der Waals surface area (Å²) in [7, 11) is 0. The van der Waals surface area contributed by atoms with Gasteiger partial charge in [-0.1, -0.05) is 30.3 Å². The third-order valence-corrected chi connectivity index (χ3v) is 6.52. The molecule has 2 heterocycles. The largest absolute Gasteiger partial charge is 0.416 e. The van der Waals surface area contributed by atoms with Crippen molar-refractivity contribution < 1.29 is 22.8 Å². The van der Waals surface area contributed by atoms with Gasteiger partial charge in [0.15, 0.2) is 0 Å². The Bertz CT molecular complexity index is 947. The molecule has 0 N–H and O–H groups in total. The fourth-order valence-corrected chi connectivity index (χ4v) is 4.54. The molecule has 2 aromatic rings. The first-order chi connectivity index (χ1) is 15.8. The molecule has 0 bridgehead atoms. The van der Waals surface area contributed by atoms with Crippen LogP contribution in [0.5, 0.6) is 0 Å². The van der Waals surface area contributed by atoms with Crippen LogP contribution in [0, 0.1) is 5.92 Å². The highest BCUT2D eigenvalue weighted by Crippen LogP contribution is 2.29. The van der Waals surface area contributed by atoms with Crippen molar-refractivity contribution in [2.24, 2.45) is 5.92 Å². The third-order valence-electron chi connectivity index (χ3n) is 6.52. The van der Waals surface area contributed by atoms with Crippen LogP contribution in [-0.2, 0) is 17.5 Å². The monoisotopic (exact) mass is 459 g/mol. The SMILES string of the molecule is O=C(c1ccc(C(F)(F)F)cc1)N1CCC(C(=O)N2CCN(Cc3ccccc3)CC2)CC1. The number of piperazine rings is 1. The van der Waals surface area contributed by atoms with Gasteiger partial charge in [0.1, 0.15) is 0 Å². The highest BCUT2D eigenvalue weighted by molar-refractivity contribution is 5.94. The number of carbonyl (C=O) groups excluding carboxylic acids is 2. The van der Waals surface area contributed by atoms with Crippen molar-refractivity contribution in [3.8, 4) is 0 Å². The quantitative estimate of drug-likeness (QED) is 0.697. The lowest BCUT2D eigenvalue weighted by Gasteiger charge is -2.38. The van der Waals surface area contributed by atoms with E-state index in [-0.39, 0.29) is 23.3 Å². The minimum atomic E-state index is -4.42. The van der Waals surface area contributed by atoms with Gasteiger partial charge in [0, 0.05) is 57.3 Å². The van der Waals surface area contributed by atoms with Gasteiger partial charge in [0.2, 0.25) is 5.91 Å². The minimum absolute atomic E-state index is 0.109. The van der Waals surface area contributed by atoms with Crippen LogP contribution in [0.4, 0.5) is 13.2 Å². The molecule has 5 nitrogen and oxygen atoms in total. The average molecular weight is 460 g/mol. The number of hydrogen-bond donors (Lipinski definition) is 0. The van der Waals surface area contributed by atoms with Crippen molar-refractivity contribution in [3.63, 3.8) is 0 Å². The van der Waals surface area contributed by atoms with E-state index < -0.39 is 11.7 Å². The molecule has 2 aliphatic rings. The van der Waals surface area contributed by atoms with E-state index >= 15 is 0 Å². The summed E-state index contributed by atoms with van der Waals surface area (Å²) in [5.74, 6) is -0.248. The second kappa shape index (κ2) is 9.95. The van der Waals surface area contributed by atoms with Crippen LogP contribution in [-0.4, -0.2) is 65.8 Å². The molecule has 4 rings (SSSR count). The molecule has 176 valence electrons. The zero-order valence-electron chi connectivity index (χ0n) is 18.4. The molecule has 2 fully saturated rings. The maximum Gasteiger partial charge on any atom is 0.416 e. The highest BCUT2D eigenvalue weighted by atomic mass is 19.4. The number of alkyl halides is 3. The summed E-state index contributed by atoms with van der Waals surface area (Å²) in [4.78, 5) is 31.6. The fourth-order valence-electron chi connectivity index (χ4n) is 4.54. The van der Waals surface area contributed by atoms with Gasteiger partial charge >= 0.3 is 6.18 Å². The Kier molecular flexibility index (Phi) is 7.02. The molecule has 2 aliphatic heterocycles. The lowest BCUT2D eigenvalue weighted by molar-refractivity contribution is -0.139. The van der Waals surface area contributed by atoms with E-state index in [0.717, 1.165) is 31.8 Å². The van der Waals surface area contributed by atoms with Crippen LogP contribution in [0.3, 0.4) is 0 Å². The molecule has 0 atom stereocenters. The number of rotatable bonds is 4. The first-order valence-corrected chi connectivity index (χ1v) is 11.3. The van der Waals surface area contributed by atoms with Crippen LogP contribution in [0.25, 0.3) is 0 Å². The Morgan fingerprint density at radius 1 is 0.788 bits per heavy atom. The summed E-state index contributed by atoms with van der Waals surface area (Å²) in [6, 6.07) is 14.6. The predicted octanol–water partition coefficient (Wildman–Crippen LogP) is 3.90. The maximum atomic E-state index is 13.0. The number of likely N-dealkylation sites (tertiary alicyclic amines) is 1. The second-order valence-corrected chi connectivity index (χ2v) is 8.73. The van der Waals surface area contributed by atoms with E-state index in [1.807, 2.05) is 23.1 Å². The van der Waals surface area contributed by atoms with Gasteiger partial charge in [0.25, 0.3) is 5.91 Å². The number of carbonyl (C=O) groups is 2. The lowest BCUT2D eigenvalue weighted by atomic mass is 9.94. The van der Waals surface area contributed by atoms with Gasteiger partial charge in [-0.05, 0) is 42.7 Å². The Morgan fingerprint density at radius 2 is 1.39 bits per heavy atom. The number of nitrogens with zero attached hydrogens (tertiary/aromatic N) is 3. The predicted molar refractivity (Wildman–Crippen MR) is 118 cm³/mol. The molecule has 0 aliphatic carbocycles. The average Bonchev–Trinajstić information content (AvgIpc) is 2.84. The molecule has 2 saturated heterocycles. The summed E-state index contributed by atoms with van der Waals surface area (Å²) in [6.07, 6.45) is -3.27. The third kappa shape index (κ3) is 5.74. The van der Waals surface area contributed by atoms with Crippen molar-refractivity contribution in [3.05, 3.63) is 71.3 Å². The highest BCUT2D eigenvalue weighted by Gasteiger charge is 2.33. The Hall–Kier alpha value is -2.87. The van der Waals surface area contributed by atoms with Crippen LogP contribution in [0.15, 0.2) is 54.6 Å². The van der Waals surface area contributed by atoms with E-state index in [9.17, 15) is 22.8 Å². The van der Waals surface area contributed by atoms with Crippen molar-refractivity contribution in [1.29, 1.82) is 0 Å². The molecule has 2 aromatic carbocycles. The number of benzene rings is 2. The van der Waals surface area contributed by atoms with Crippen molar-refractivity contribution >= 4 is 11.8 Å². The van der Waals surface area contributed by atoms with Crippen molar-refractivity contribution in [2.45, 2.75) is 25.6 Å². The van der Waals surface area contributed by atoms with Gasteiger partial charge < -0.3 is 9.80 Å². The topological polar surface area (TPSA) is 43.9 Å². The normalized spacial score (nSPS) is 18.4. The minimum Gasteiger partial charge on any atom is -0.340 e.